The summed E-state index contributed by atoms with van der Waals surface area (Å²) in [5.74, 6) is -0.381. The number of hydrogen-bond acceptors (Lipinski definition) is 4. The third kappa shape index (κ3) is 6.20. The number of anilines is 1. The van der Waals surface area contributed by atoms with Gasteiger partial charge in [-0.25, -0.2) is 8.42 Å². The van der Waals surface area contributed by atoms with Crippen LogP contribution in [0.4, 0.5) is 5.69 Å². The summed E-state index contributed by atoms with van der Waals surface area (Å²) in [7, 11) is -3.66. The molecule has 0 unspecified atom stereocenters. The molecule has 1 heterocycles. The van der Waals surface area contributed by atoms with E-state index in [4.69, 9.17) is 11.6 Å². The van der Waals surface area contributed by atoms with Crippen LogP contribution in [0.3, 0.4) is 0 Å². The second kappa shape index (κ2) is 10.3. The minimum Gasteiger partial charge on any atom is -0.350 e. The molecule has 162 valence electrons. The second-order valence-electron chi connectivity index (χ2n) is 7.60. The molecule has 0 spiro atoms. The van der Waals surface area contributed by atoms with Crippen molar-refractivity contribution in [2.45, 2.75) is 32.4 Å². The Labute approximate surface area is 183 Å². The Morgan fingerprint density at radius 3 is 2.33 bits per heavy atom. The largest absolute Gasteiger partial charge is 0.350 e. The van der Waals surface area contributed by atoms with Crippen molar-refractivity contribution in [3.05, 3.63) is 64.7 Å². The molecule has 1 saturated heterocycles. The number of benzene rings is 2. The number of para-hydroxylation sites is 1. The Hall–Kier alpha value is -2.09. The maximum absolute atomic E-state index is 12.6. The first kappa shape index (κ1) is 22.6. The number of carbonyl (C=O) groups is 1. The minimum atomic E-state index is -3.66. The van der Waals surface area contributed by atoms with Gasteiger partial charge in [-0.1, -0.05) is 54.4 Å². The molecule has 0 radical (unpaired) electrons. The monoisotopic (exact) mass is 449 g/mol. The van der Waals surface area contributed by atoms with Crippen molar-refractivity contribution in [3.63, 3.8) is 0 Å². The van der Waals surface area contributed by atoms with Crippen LogP contribution in [0.2, 0.25) is 5.02 Å². The number of nitrogens with one attached hydrogen (secondary N) is 1. The number of piperidine rings is 1. The highest BCUT2D eigenvalue weighted by Crippen LogP contribution is 2.27. The fourth-order valence-corrected chi connectivity index (χ4v) is 4.81. The summed E-state index contributed by atoms with van der Waals surface area (Å²) in [4.78, 5) is 15.0. The SMILES string of the molecule is CS(=O)(=O)N(CC(=O)NCc1ccccc1CN1CCCCC1)c1ccccc1Cl. The summed E-state index contributed by atoms with van der Waals surface area (Å²) >= 11 is 6.15. The quantitative estimate of drug-likeness (QED) is 0.670. The lowest BCUT2D eigenvalue weighted by Gasteiger charge is -2.27. The molecule has 2 aromatic carbocycles. The van der Waals surface area contributed by atoms with E-state index in [2.05, 4.69) is 16.3 Å². The average Bonchev–Trinajstić information content (AvgIpc) is 2.72. The van der Waals surface area contributed by atoms with Crippen LogP contribution in [0.1, 0.15) is 30.4 Å². The normalized spacial score (nSPS) is 15.0. The Morgan fingerprint density at radius 1 is 1.03 bits per heavy atom. The van der Waals surface area contributed by atoms with Crippen molar-refractivity contribution in [1.82, 2.24) is 10.2 Å². The van der Waals surface area contributed by atoms with E-state index in [9.17, 15) is 13.2 Å². The molecule has 1 aliphatic heterocycles. The van der Waals surface area contributed by atoms with Crippen LogP contribution in [0, 0.1) is 0 Å². The van der Waals surface area contributed by atoms with Crippen LogP contribution in [0.15, 0.2) is 48.5 Å². The zero-order valence-electron chi connectivity index (χ0n) is 17.2. The van der Waals surface area contributed by atoms with Gasteiger partial charge >= 0.3 is 0 Å². The first-order valence-corrected chi connectivity index (χ1v) is 12.4. The number of nitrogens with zero attached hydrogens (tertiary/aromatic N) is 2. The first-order valence-electron chi connectivity index (χ1n) is 10.1. The predicted octanol–water partition coefficient (Wildman–Crippen LogP) is 3.41. The van der Waals surface area contributed by atoms with Gasteiger partial charge in [0.05, 0.1) is 17.0 Å². The van der Waals surface area contributed by atoms with Crippen LogP contribution in [0.5, 0.6) is 0 Å². The summed E-state index contributed by atoms with van der Waals surface area (Å²) < 4.78 is 25.5. The van der Waals surface area contributed by atoms with Crippen LogP contribution < -0.4 is 9.62 Å². The van der Waals surface area contributed by atoms with Gasteiger partial charge in [0.25, 0.3) is 0 Å². The second-order valence-corrected chi connectivity index (χ2v) is 9.92. The Morgan fingerprint density at radius 2 is 1.67 bits per heavy atom. The van der Waals surface area contributed by atoms with Gasteiger partial charge in [-0.2, -0.15) is 0 Å². The summed E-state index contributed by atoms with van der Waals surface area (Å²) in [6.07, 6.45) is 4.80. The van der Waals surface area contributed by atoms with Crippen molar-refractivity contribution < 1.29 is 13.2 Å². The molecule has 6 nitrogen and oxygen atoms in total. The van der Waals surface area contributed by atoms with Gasteiger partial charge in [0, 0.05) is 13.1 Å². The molecular weight excluding hydrogens is 422 g/mol. The lowest BCUT2D eigenvalue weighted by Crippen LogP contribution is -2.40. The molecule has 30 heavy (non-hydrogen) atoms. The van der Waals surface area contributed by atoms with Gasteiger partial charge in [0.15, 0.2) is 0 Å². The lowest BCUT2D eigenvalue weighted by molar-refractivity contribution is -0.119. The molecule has 3 rings (SSSR count). The molecule has 0 atom stereocenters. The highest BCUT2D eigenvalue weighted by Gasteiger charge is 2.23. The standard InChI is InChI=1S/C22H28ClN3O3S/c1-30(28,29)26(21-12-6-5-11-20(21)23)17-22(27)24-15-18-9-3-4-10-19(18)16-25-13-7-2-8-14-25/h3-6,9-12H,2,7-8,13-17H2,1H3,(H,24,27). The van der Waals surface area contributed by atoms with Crippen molar-refractivity contribution >= 4 is 33.2 Å². The molecule has 2 aromatic rings. The summed E-state index contributed by atoms with van der Waals surface area (Å²) in [5.41, 5.74) is 2.52. The maximum atomic E-state index is 12.6. The number of sulfonamides is 1. The molecule has 0 bridgehead atoms. The smallest absolute Gasteiger partial charge is 0.241 e. The van der Waals surface area contributed by atoms with E-state index in [0.29, 0.717) is 12.2 Å². The zero-order chi connectivity index (χ0) is 21.6. The van der Waals surface area contributed by atoms with Crippen molar-refractivity contribution in [2.75, 3.05) is 30.2 Å². The van der Waals surface area contributed by atoms with Gasteiger partial charge in [-0.3, -0.25) is 14.0 Å². The summed E-state index contributed by atoms with van der Waals surface area (Å²) in [6, 6.07) is 14.6. The fourth-order valence-electron chi connectivity index (χ4n) is 3.66. The fraction of sp³-hybridized carbons (Fsp3) is 0.409. The number of likely N-dealkylation sites (tertiary alicyclic amines) is 1. The number of carbonyl (C=O) groups excluding carboxylic acids is 1. The van der Waals surface area contributed by atoms with Crippen molar-refractivity contribution in [2.24, 2.45) is 0 Å². The van der Waals surface area contributed by atoms with Gasteiger partial charge in [-0.15, -0.1) is 0 Å². The highest BCUT2D eigenvalue weighted by atomic mass is 35.5. The van der Waals surface area contributed by atoms with E-state index in [1.54, 1.807) is 24.3 Å². The lowest BCUT2D eigenvalue weighted by atomic mass is 10.0. The molecule has 0 aromatic heterocycles. The van der Waals surface area contributed by atoms with Gasteiger partial charge in [-0.05, 0) is 49.2 Å². The molecule has 8 heteroatoms. The van der Waals surface area contributed by atoms with Gasteiger partial charge in [0.1, 0.15) is 6.54 Å². The molecule has 1 aliphatic rings. The van der Waals surface area contributed by atoms with E-state index < -0.39 is 10.0 Å². The first-order chi connectivity index (χ1) is 14.3. The van der Waals surface area contributed by atoms with E-state index in [1.807, 2.05) is 18.2 Å². The van der Waals surface area contributed by atoms with Gasteiger partial charge < -0.3 is 5.32 Å². The molecule has 1 amide bonds. The molecule has 1 N–H and O–H groups in total. The van der Waals surface area contributed by atoms with Crippen LogP contribution in [-0.2, 0) is 27.9 Å². The third-order valence-electron chi connectivity index (χ3n) is 5.25. The van der Waals surface area contributed by atoms with Gasteiger partial charge in [0.2, 0.25) is 15.9 Å². The van der Waals surface area contributed by atoms with E-state index >= 15 is 0 Å². The third-order valence-corrected chi connectivity index (χ3v) is 6.69. The molecule has 1 fully saturated rings. The molecule has 0 aliphatic carbocycles. The maximum Gasteiger partial charge on any atom is 0.241 e. The predicted molar refractivity (Wildman–Crippen MR) is 121 cm³/mol. The summed E-state index contributed by atoms with van der Waals surface area (Å²) in [5, 5.41) is 3.14. The topological polar surface area (TPSA) is 69.7 Å². The van der Waals surface area contributed by atoms with Crippen molar-refractivity contribution in [3.8, 4) is 0 Å². The number of halogens is 1. The Bertz CT molecular complexity index is 975. The summed E-state index contributed by atoms with van der Waals surface area (Å²) in [6.45, 7) is 3.09. The van der Waals surface area contributed by atoms with E-state index in [-0.39, 0.29) is 17.5 Å². The zero-order valence-corrected chi connectivity index (χ0v) is 18.8. The molecular formula is C22H28ClN3O3S. The van der Waals surface area contributed by atoms with E-state index in [1.165, 1.54) is 24.8 Å². The molecule has 0 saturated carbocycles. The highest BCUT2D eigenvalue weighted by molar-refractivity contribution is 7.92. The minimum absolute atomic E-state index is 0.280. The Kier molecular flexibility index (Phi) is 7.75. The van der Waals surface area contributed by atoms with Crippen LogP contribution >= 0.6 is 11.6 Å². The van der Waals surface area contributed by atoms with Crippen LogP contribution in [-0.4, -0.2) is 45.1 Å². The number of hydrogen-bond donors (Lipinski definition) is 1. The number of rotatable bonds is 8. The van der Waals surface area contributed by atoms with Crippen molar-refractivity contribution in [1.29, 1.82) is 0 Å². The van der Waals surface area contributed by atoms with Crippen LogP contribution in [0.25, 0.3) is 0 Å². The van der Waals surface area contributed by atoms with E-state index in [0.717, 1.165) is 35.8 Å². The number of amides is 1. The average molecular weight is 450 g/mol. The Balaban J connectivity index is 1.66.